The van der Waals surface area contributed by atoms with Crippen molar-refractivity contribution in [2.75, 3.05) is 12.9 Å². The van der Waals surface area contributed by atoms with Crippen molar-refractivity contribution < 1.29 is 14.6 Å². The molecule has 0 saturated carbocycles. The molecule has 0 bridgehead atoms. The fourth-order valence-electron chi connectivity index (χ4n) is 2.63. The van der Waals surface area contributed by atoms with Gasteiger partial charge in [-0.1, -0.05) is 18.2 Å². The fraction of sp³-hybridized carbons (Fsp3) is 0.533. The molecule has 0 spiro atoms. The first-order valence-electron chi connectivity index (χ1n) is 6.62. The Morgan fingerprint density at radius 2 is 2.05 bits per heavy atom. The minimum Gasteiger partial charge on any atom is -0.496 e. The molecule has 20 heavy (non-hydrogen) atoms. The van der Waals surface area contributed by atoms with Crippen LogP contribution in [0.4, 0.5) is 0 Å². The van der Waals surface area contributed by atoms with Crippen molar-refractivity contribution in [1.29, 1.82) is 0 Å². The zero-order valence-electron chi connectivity index (χ0n) is 12.3. The average molecular weight is 295 g/mol. The van der Waals surface area contributed by atoms with E-state index in [0.717, 1.165) is 11.3 Å². The second-order valence-corrected chi connectivity index (χ2v) is 6.97. The lowest BCUT2D eigenvalue weighted by atomic mass is 10.0. The third kappa shape index (κ3) is 2.79. The smallest absolute Gasteiger partial charge is 0.321 e. The zero-order valence-corrected chi connectivity index (χ0v) is 13.1. The first-order valence-corrected chi connectivity index (χ1v) is 7.67. The Hall–Kier alpha value is -1.20. The molecule has 2 rings (SSSR count). The first kappa shape index (κ1) is 15.2. The second kappa shape index (κ2) is 5.66. The van der Waals surface area contributed by atoms with E-state index < -0.39 is 12.0 Å². The van der Waals surface area contributed by atoms with E-state index in [1.54, 1.807) is 18.9 Å². The number of carbonyl (C=O) groups is 1. The number of carboxylic acids is 1. The van der Waals surface area contributed by atoms with E-state index >= 15 is 0 Å². The molecule has 1 aliphatic heterocycles. The molecule has 1 aromatic rings. The van der Waals surface area contributed by atoms with E-state index in [1.165, 1.54) is 0 Å². The van der Waals surface area contributed by atoms with Gasteiger partial charge in [0, 0.05) is 16.9 Å². The summed E-state index contributed by atoms with van der Waals surface area (Å²) in [5, 5.41) is 9.46. The minimum absolute atomic E-state index is 0.00671. The molecule has 2 atom stereocenters. The molecule has 1 saturated heterocycles. The molecule has 4 nitrogen and oxygen atoms in total. The molecule has 1 heterocycles. The van der Waals surface area contributed by atoms with Crippen LogP contribution in [-0.4, -0.2) is 40.4 Å². The van der Waals surface area contributed by atoms with Crippen LogP contribution in [0.25, 0.3) is 0 Å². The van der Waals surface area contributed by atoms with E-state index in [4.69, 9.17) is 4.74 Å². The lowest BCUT2D eigenvalue weighted by Gasteiger charge is -2.39. The summed E-state index contributed by atoms with van der Waals surface area (Å²) in [6.45, 7) is 6.16. The van der Waals surface area contributed by atoms with E-state index in [1.807, 2.05) is 24.3 Å². The monoisotopic (exact) mass is 295 g/mol. The van der Waals surface area contributed by atoms with E-state index in [2.05, 4.69) is 25.7 Å². The molecule has 0 aliphatic carbocycles. The highest BCUT2D eigenvalue weighted by Gasteiger charge is 2.45. The van der Waals surface area contributed by atoms with Gasteiger partial charge < -0.3 is 9.84 Å². The van der Waals surface area contributed by atoms with Crippen molar-refractivity contribution in [2.24, 2.45) is 0 Å². The van der Waals surface area contributed by atoms with Gasteiger partial charge in [0.1, 0.15) is 11.8 Å². The summed E-state index contributed by atoms with van der Waals surface area (Å²) in [7, 11) is 1.65. The summed E-state index contributed by atoms with van der Waals surface area (Å²) < 4.78 is 5.43. The summed E-state index contributed by atoms with van der Waals surface area (Å²) in [5.41, 5.74) is 0.816. The highest BCUT2D eigenvalue weighted by atomic mass is 32.2. The van der Waals surface area contributed by atoms with Crippen LogP contribution in [0.3, 0.4) is 0 Å². The maximum Gasteiger partial charge on any atom is 0.321 e. The number of aliphatic carboxylic acids is 1. The standard InChI is InChI=1S/C15H21NO3S/c1-15(2,3)16-11(14(17)18)9-20-13(16)10-7-5-6-8-12(10)19-4/h5-8,11,13H,9H2,1-4H3,(H,17,18)/t11-,13+/m0/s1. The number of benzene rings is 1. The number of ether oxygens (including phenoxy) is 1. The Balaban J connectivity index is 2.42. The molecule has 0 aromatic heterocycles. The van der Waals surface area contributed by atoms with E-state index in [-0.39, 0.29) is 10.9 Å². The number of nitrogens with zero attached hydrogens (tertiary/aromatic N) is 1. The molecule has 1 aliphatic rings. The van der Waals surface area contributed by atoms with Gasteiger partial charge in [0.2, 0.25) is 0 Å². The predicted octanol–water partition coefficient (Wildman–Crippen LogP) is 2.99. The molecule has 1 aromatic carbocycles. The van der Waals surface area contributed by atoms with Gasteiger partial charge in [0.15, 0.2) is 0 Å². The maximum absolute atomic E-state index is 11.5. The van der Waals surface area contributed by atoms with Crippen LogP contribution < -0.4 is 4.74 Å². The highest BCUT2D eigenvalue weighted by molar-refractivity contribution is 7.99. The van der Waals surface area contributed by atoms with Crippen LogP contribution in [0.15, 0.2) is 24.3 Å². The van der Waals surface area contributed by atoms with Crippen molar-refractivity contribution in [3.63, 3.8) is 0 Å². The van der Waals surface area contributed by atoms with Gasteiger partial charge in [-0.05, 0) is 26.8 Å². The molecule has 1 N–H and O–H groups in total. The van der Waals surface area contributed by atoms with Gasteiger partial charge in [0.05, 0.1) is 12.5 Å². The molecule has 110 valence electrons. The summed E-state index contributed by atoms with van der Waals surface area (Å²) >= 11 is 1.66. The number of carboxylic acid groups (broad SMARTS) is 1. The number of para-hydroxylation sites is 1. The SMILES string of the molecule is COc1ccccc1[C@H]1SC[C@@H](C(=O)O)N1C(C)(C)C. The van der Waals surface area contributed by atoms with Crippen LogP contribution >= 0.6 is 11.8 Å². The van der Waals surface area contributed by atoms with Crippen molar-refractivity contribution >= 4 is 17.7 Å². The minimum atomic E-state index is -0.759. The van der Waals surface area contributed by atoms with Crippen LogP contribution in [0.5, 0.6) is 5.75 Å². The predicted molar refractivity (Wildman–Crippen MR) is 81.2 cm³/mol. The Morgan fingerprint density at radius 1 is 1.40 bits per heavy atom. The van der Waals surface area contributed by atoms with Gasteiger partial charge in [-0.2, -0.15) is 0 Å². The highest BCUT2D eigenvalue weighted by Crippen LogP contribution is 2.47. The van der Waals surface area contributed by atoms with Gasteiger partial charge in [-0.15, -0.1) is 11.8 Å². The third-order valence-corrected chi connectivity index (χ3v) is 4.77. The summed E-state index contributed by atoms with van der Waals surface area (Å²) in [5.74, 6) is 0.644. The quantitative estimate of drug-likeness (QED) is 0.929. The fourth-order valence-corrected chi connectivity index (χ4v) is 4.29. The third-order valence-electron chi connectivity index (χ3n) is 3.47. The van der Waals surface area contributed by atoms with Crippen LogP contribution in [-0.2, 0) is 4.79 Å². The second-order valence-electron chi connectivity index (χ2n) is 5.86. The number of thioether (sulfide) groups is 1. The molecule has 0 radical (unpaired) electrons. The van der Waals surface area contributed by atoms with Gasteiger partial charge in [-0.25, -0.2) is 0 Å². The van der Waals surface area contributed by atoms with Gasteiger partial charge >= 0.3 is 5.97 Å². The molecule has 1 fully saturated rings. The van der Waals surface area contributed by atoms with Crippen LogP contribution in [0, 0.1) is 0 Å². The average Bonchev–Trinajstić information content (AvgIpc) is 2.83. The molecular formula is C15H21NO3S. The molecule has 0 unspecified atom stereocenters. The van der Waals surface area contributed by atoms with Gasteiger partial charge in [0.25, 0.3) is 0 Å². The number of rotatable bonds is 3. The van der Waals surface area contributed by atoms with Crippen molar-refractivity contribution in [2.45, 2.75) is 37.7 Å². The lowest BCUT2D eigenvalue weighted by Crippen LogP contribution is -2.49. The van der Waals surface area contributed by atoms with Crippen molar-refractivity contribution in [3.8, 4) is 5.75 Å². The molecular weight excluding hydrogens is 274 g/mol. The first-order chi connectivity index (χ1) is 9.36. The van der Waals surface area contributed by atoms with Crippen LogP contribution in [0.1, 0.15) is 31.7 Å². The summed E-state index contributed by atoms with van der Waals surface area (Å²) in [4.78, 5) is 13.6. The molecule has 0 amide bonds. The topological polar surface area (TPSA) is 49.8 Å². The summed E-state index contributed by atoms with van der Waals surface area (Å²) in [6.07, 6.45) is 0. The largest absolute Gasteiger partial charge is 0.496 e. The van der Waals surface area contributed by atoms with E-state index in [0.29, 0.717) is 5.75 Å². The Morgan fingerprint density at radius 3 is 2.60 bits per heavy atom. The normalized spacial score (nSPS) is 23.8. The Bertz CT molecular complexity index is 498. The number of methoxy groups -OCH3 is 1. The Labute approximate surface area is 124 Å². The van der Waals surface area contributed by atoms with Crippen molar-refractivity contribution in [1.82, 2.24) is 4.90 Å². The van der Waals surface area contributed by atoms with Gasteiger partial charge in [-0.3, -0.25) is 9.69 Å². The van der Waals surface area contributed by atoms with E-state index in [9.17, 15) is 9.90 Å². The maximum atomic E-state index is 11.5. The number of hydrogen-bond acceptors (Lipinski definition) is 4. The van der Waals surface area contributed by atoms with Crippen LogP contribution in [0.2, 0.25) is 0 Å². The van der Waals surface area contributed by atoms with Crippen molar-refractivity contribution in [3.05, 3.63) is 29.8 Å². The summed E-state index contributed by atoms with van der Waals surface area (Å²) in [6, 6.07) is 7.37. The lowest BCUT2D eigenvalue weighted by molar-refractivity contribution is -0.144. The molecule has 5 heteroatoms. The number of hydrogen-bond donors (Lipinski definition) is 1. The Kier molecular flexibility index (Phi) is 4.30. The zero-order chi connectivity index (χ0) is 14.9.